The number of carbonyl (C=O) groups is 1. The Labute approximate surface area is 210 Å². The number of hydrogen-bond acceptors (Lipinski definition) is 1. The number of amides is 1. The molecule has 0 aromatic heterocycles. The molecule has 1 aliphatic rings. The smallest absolute Gasteiger partial charge is 0.346 e. The lowest BCUT2D eigenvalue weighted by Crippen LogP contribution is -2.40. The topological polar surface area (TPSA) is 29.1 Å². The molecule has 1 aliphatic carbocycles. The van der Waals surface area contributed by atoms with Crippen molar-refractivity contribution in [1.82, 2.24) is 5.32 Å². The van der Waals surface area contributed by atoms with Crippen LogP contribution in [0.3, 0.4) is 0 Å². The summed E-state index contributed by atoms with van der Waals surface area (Å²) in [6.45, 7) is 0. The minimum absolute atomic E-state index is 0.0687. The average molecular weight is 565 g/mol. The molecule has 0 bridgehead atoms. The summed E-state index contributed by atoms with van der Waals surface area (Å²) in [5.41, 5.74) is -1.43. The van der Waals surface area contributed by atoms with Gasteiger partial charge >= 0.3 is 12.4 Å². The van der Waals surface area contributed by atoms with Crippen LogP contribution < -0.4 is 5.32 Å². The Morgan fingerprint density at radius 2 is 1.56 bits per heavy atom. The van der Waals surface area contributed by atoms with Crippen molar-refractivity contribution < 1.29 is 31.1 Å². The van der Waals surface area contributed by atoms with E-state index in [4.69, 9.17) is 46.4 Å². The van der Waals surface area contributed by atoms with E-state index in [-0.39, 0.29) is 49.6 Å². The number of nitrogens with one attached hydrogen (secondary N) is 1. The van der Waals surface area contributed by atoms with Gasteiger partial charge in [-0.25, -0.2) is 0 Å². The second-order valence-corrected chi connectivity index (χ2v) is 9.54. The van der Waals surface area contributed by atoms with Crippen LogP contribution in [-0.2, 0) is 0 Å². The fourth-order valence-electron chi connectivity index (χ4n) is 3.38. The SMILES string of the molecule is O=C(NC1(CC(F)(F)F)CC1)c1ccc(/C=C/C(c2cc(Cl)c(Cl)c(Cl)c2)C(F)(F)F)cc1Cl. The van der Waals surface area contributed by atoms with Gasteiger partial charge in [-0.15, -0.1) is 0 Å². The van der Waals surface area contributed by atoms with Crippen LogP contribution in [0.15, 0.2) is 36.4 Å². The van der Waals surface area contributed by atoms with Crippen LogP contribution in [0, 0.1) is 0 Å². The minimum Gasteiger partial charge on any atom is -0.346 e. The third-order valence-corrected chi connectivity index (χ3v) is 6.72. The number of rotatable bonds is 6. The Balaban J connectivity index is 1.81. The molecule has 2 aromatic rings. The van der Waals surface area contributed by atoms with Crippen LogP contribution in [0.5, 0.6) is 0 Å². The van der Waals surface area contributed by atoms with Crippen molar-refractivity contribution in [2.45, 2.75) is 43.1 Å². The number of hydrogen-bond donors (Lipinski definition) is 1. The average Bonchev–Trinajstić information content (AvgIpc) is 3.41. The van der Waals surface area contributed by atoms with E-state index >= 15 is 0 Å². The molecular formula is C22H15Cl4F6NO. The third kappa shape index (κ3) is 6.74. The zero-order valence-corrected chi connectivity index (χ0v) is 20.0. The fraction of sp³-hybridized carbons (Fsp3) is 0.318. The first kappa shape index (κ1) is 27.0. The zero-order chi connectivity index (χ0) is 25.5. The van der Waals surface area contributed by atoms with Gasteiger partial charge in [-0.2, -0.15) is 26.3 Å². The Morgan fingerprint density at radius 3 is 2.03 bits per heavy atom. The highest BCUT2D eigenvalue weighted by Crippen LogP contribution is 2.45. The number of benzene rings is 2. The van der Waals surface area contributed by atoms with Gasteiger partial charge in [0.15, 0.2) is 0 Å². The van der Waals surface area contributed by atoms with Crippen molar-refractivity contribution in [3.05, 3.63) is 73.2 Å². The molecule has 184 valence electrons. The predicted molar refractivity (Wildman–Crippen MR) is 121 cm³/mol. The van der Waals surface area contributed by atoms with Crippen molar-refractivity contribution in [3.63, 3.8) is 0 Å². The van der Waals surface area contributed by atoms with Gasteiger partial charge in [0.05, 0.1) is 38.0 Å². The van der Waals surface area contributed by atoms with Crippen LogP contribution in [0.2, 0.25) is 20.1 Å². The van der Waals surface area contributed by atoms with Crippen molar-refractivity contribution >= 4 is 58.4 Å². The van der Waals surface area contributed by atoms with Gasteiger partial charge in [-0.1, -0.05) is 64.6 Å². The number of alkyl halides is 6. The van der Waals surface area contributed by atoms with E-state index in [0.717, 1.165) is 24.3 Å². The van der Waals surface area contributed by atoms with Crippen LogP contribution in [0.1, 0.15) is 46.7 Å². The molecule has 3 rings (SSSR count). The Morgan fingerprint density at radius 1 is 0.971 bits per heavy atom. The van der Waals surface area contributed by atoms with Gasteiger partial charge in [-0.3, -0.25) is 4.79 Å². The normalized spacial score (nSPS) is 16.5. The second-order valence-electron chi connectivity index (χ2n) is 7.94. The van der Waals surface area contributed by atoms with E-state index in [2.05, 4.69) is 5.32 Å². The summed E-state index contributed by atoms with van der Waals surface area (Å²) < 4.78 is 79.2. The highest BCUT2D eigenvalue weighted by Gasteiger charge is 2.51. The third-order valence-electron chi connectivity index (χ3n) is 5.21. The van der Waals surface area contributed by atoms with Crippen LogP contribution in [0.25, 0.3) is 6.08 Å². The molecule has 1 N–H and O–H groups in total. The van der Waals surface area contributed by atoms with E-state index in [1.807, 2.05) is 0 Å². The number of halogens is 10. The van der Waals surface area contributed by atoms with Gasteiger partial charge in [0.2, 0.25) is 0 Å². The lowest BCUT2D eigenvalue weighted by molar-refractivity contribution is -0.141. The Kier molecular flexibility index (Phi) is 7.78. The van der Waals surface area contributed by atoms with E-state index in [1.165, 1.54) is 18.2 Å². The van der Waals surface area contributed by atoms with Crippen LogP contribution in [-0.4, -0.2) is 23.8 Å². The van der Waals surface area contributed by atoms with Gasteiger partial charge in [-0.05, 0) is 48.2 Å². The predicted octanol–water partition coefficient (Wildman–Crippen LogP) is 8.87. The molecule has 1 fully saturated rings. The Bertz CT molecular complexity index is 1100. The summed E-state index contributed by atoms with van der Waals surface area (Å²) in [5.74, 6) is -2.86. The summed E-state index contributed by atoms with van der Waals surface area (Å²) in [6.07, 6.45) is -7.88. The van der Waals surface area contributed by atoms with E-state index in [9.17, 15) is 31.1 Å². The zero-order valence-electron chi connectivity index (χ0n) is 16.9. The Hall–Kier alpha value is -1.61. The van der Waals surface area contributed by atoms with Gasteiger partial charge < -0.3 is 5.32 Å². The second kappa shape index (κ2) is 9.80. The largest absolute Gasteiger partial charge is 0.399 e. The molecule has 12 heteroatoms. The minimum atomic E-state index is -4.68. The van der Waals surface area contributed by atoms with Crippen LogP contribution in [0.4, 0.5) is 26.3 Å². The summed E-state index contributed by atoms with van der Waals surface area (Å²) in [6, 6.07) is 5.93. The van der Waals surface area contributed by atoms with Crippen molar-refractivity contribution in [3.8, 4) is 0 Å². The maximum absolute atomic E-state index is 13.7. The highest BCUT2D eigenvalue weighted by molar-refractivity contribution is 6.48. The summed E-state index contributed by atoms with van der Waals surface area (Å²) in [4.78, 5) is 12.4. The standard InChI is InChI=1S/C22H15Cl4F6NO/c23-15-7-11(1-3-13(15)19(34)33-20(5-6-20)10-21(27,28)29)2-4-14(22(30,31)32)12-8-16(24)18(26)17(25)9-12/h1-4,7-9,14H,5-6,10H2,(H,33,34)/b4-2+. The first-order valence-corrected chi connectivity index (χ1v) is 11.2. The molecule has 2 aromatic carbocycles. The van der Waals surface area contributed by atoms with E-state index in [1.54, 1.807) is 0 Å². The summed E-state index contributed by atoms with van der Waals surface area (Å²) in [5, 5.41) is 1.90. The molecule has 1 atom stereocenters. The monoisotopic (exact) mass is 563 g/mol. The lowest BCUT2D eigenvalue weighted by Gasteiger charge is -2.19. The van der Waals surface area contributed by atoms with Crippen molar-refractivity contribution in [2.24, 2.45) is 0 Å². The lowest BCUT2D eigenvalue weighted by atomic mass is 9.97. The molecule has 1 amide bonds. The molecule has 1 saturated carbocycles. The molecule has 1 unspecified atom stereocenters. The number of carbonyl (C=O) groups excluding carboxylic acids is 1. The number of allylic oxidation sites excluding steroid dienone is 1. The van der Waals surface area contributed by atoms with E-state index < -0.39 is 36.1 Å². The fourth-order valence-corrected chi connectivity index (χ4v) is 4.27. The van der Waals surface area contributed by atoms with Gasteiger partial charge in [0.1, 0.15) is 0 Å². The van der Waals surface area contributed by atoms with Crippen molar-refractivity contribution in [2.75, 3.05) is 0 Å². The molecule has 34 heavy (non-hydrogen) atoms. The summed E-state index contributed by atoms with van der Waals surface area (Å²) in [7, 11) is 0. The molecule has 0 heterocycles. The first-order valence-electron chi connectivity index (χ1n) is 9.68. The molecule has 0 radical (unpaired) electrons. The van der Waals surface area contributed by atoms with Crippen molar-refractivity contribution in [1.29, 1.82) is 0 Å². The summed E-state index contributed by atoms with van der Waals surface area (Å²) >= 11 is 23.6. The maximum Gasteiger partial charge on any atom is 0.399 e. The molecule has 0 aliphatic heterocycles. The molecule has 0 spiro atoms. The highest BCUT2D eigenvalue weighted by atomic mass is 35.5. The quantitative estimate of drug-likeness (QED) is 0.275. The maximum atomic E-state index is 13.7. The molecular weight excluding hydrogens is 550 g/mol. The van der Waals surface area contributed by atoms with Gasteiger partial charge in [0, 0.05) is 5.54 Å². The molecule has 0 saturated heterocycles. The van der Waals surface area contributed by atoms with Gasteiger partial charge in [0.25, 0.3) is 5.91 Å². The van der Waals surface area contributed by atoms with E-state index in [0.29, 0.717) is 0 Å². The first-order chi connectivity index (χ1) is 15.6. The van der Waals surface area contributed by atoms with Crippen LogP contribution >= 0.6 is 46.4 Å². The molecule has 2 nitrogen and oxygen atoms in total.